The highest BCUT2D eigenvalue weighted by atomic mass is 32.2. The number of nitrogens with two attached hydrogens (primary N) is 1. The maximum absolute atomic E-state index is 12.5. The van der Waals surface area contributed by atoms with E-state index in [1.807, 2.05) is 30.3 Å². The van der Waals surface area contributed by atoms with Gasteiger partial charge in [-0.05, 0) is 33.0 Å². The lowest BCUT2D eigenvalue weighted by Gasteiger charge is -2.10. The van der Waals surface area contributed by atoms with E-state index in [0.29, 0.717) is 18.0 Å². The molecule has 2 heterocycles. The van der Waals surface area contributed by atoms with Gasteiger partial charge >= 0.3 is 0 Å². The molecule has 0 saturated carbocycles. The number of rotatable bonds is 7. The number of amidine groups is 1. The molecule has 10 nitrogen and oxygen atoms in total. The zero-order valence-electron chi connectivity index (χ0n) is 16.2. The number of hydrogen-bond acceptors (Lipinski definition) is 7. The molecule has 152 valence electrons. The fourth-order valence-corrected chi connectivity index (χ4v) is 3.39. The van der Waals surface area contributed by atoms with Crippen molar-refractivity contribution in [2.45, 2.75) is 18.7 Å². The van der Waals surface area contributed by atoms with Crippen LogP contribution < -0.4 is 10.5 Å². The highest BCUT2D eigenvalue weighted by molar-refractivity contribution is 7.89. The zero-order valence-corrected chi connectivity index (χ0v) is 17.0. The number of oxime groups is 1. The zero-order chi connectivity index (χ0) is 21.0. The predicted molar refractivity (Wildman–Crippen MR) is 108 cm³/mol. The van der Waals surface area contributed by atoms with Gasteiger partial charge in [-0.15, -0.1) is 9.90 Å². The molecule has 2 aromatic heterocycles. The summed E-state index contributed by atoms with van der Waals surface area (Å²) in [6, 6.07) is 12.3. The second kappa shape index (κ2) is 8.37. The summed E-state index contributed by atoms with van der Waals surface area (Å²) in [5.41, 5.74) is 8.21. The molecule has 3 aromatic rings. The minimum Gasteiger partial charge on any atom is -0.394 e. The first kappa shape index (κ1) is 20.4. The van der Waals surface area contributed by atoms with Gasteiger partial charge in [-0.2, -0.15) is 5.10 Å². The molecule has 0 radical (unpaired) electrons. The number of sulfonamides is 1. The Kier molecular flexibility index (Phi) is 5.89. The van der Waals surface area contributed by atoms with Gasteiger partial charge in [0, 0.05) is 5.56 Å². The number of pyridine rings is 1. The lowest BCUT2D eigenvalue weighted by Crippen LogP contribution is -2.24. The number of hydrogen-bond donors (Lipinski definition) is 2. The van der Waals surface area contributed by atoms with Gasteiger partial charge in [0.05, 0.1) is 5.69 Å². The Hall–Kier alpha value is -3.31. The summed E-state index contributed by atoms with van der Waals surface area (Å²) in [4.78, 5) is 10.4. The molecule has 0 aliphatic rings. The predicted octanol–water partition coefficient (Wildman–Crippen LogP) is 1.20. The van der Waals surface area contributed by atoms with Crippen LogP contribution in [0.5, 0.6) is 0 Å². The largest absolute Gasteiger partial charge is 0.394 e. The first-order chi connectivity index (χ1) is 13.9. The maximum Gasteiger partial charge on any atom is 0.244 e. The summed E-state index contributed by atoms with van der Waals surface area (Å²) in [5.74, 6) is 0.00504. The van der Waals surface area contributed by atoms with Crippen LogP contribution in [0.4, 0.5) is 0 Å². The molecule has 0 saturated heterocycles. The van der Waals surface area contributed by atoms with Crippen molar-refractivity contribution in [3.8, 4) is 17.1 Å². The van der Waals surface area contributed by atoms with Crippen molar-refractivity contribution in [1.82, 2.24) is 24.7 Å². The molecule has 29 heavy (non-hydrogen) atoms. The first-order valence-electron chi connectivity index (χ1n) is 8.77. The van der Waals surface area contributed by atoms with Crippen LogP contribution in [0.15, 0.2) is 52.5 Å². The third-order valence-electron chi connectivity index (χ3n) is 3.97. The SMILES string of the molecule is CCO/N=C(\N)c1ccc(S(=O)(=O)NC)c(-n2nc(C)c(-c3ccccc3)n2)n1. The highest BCUT2D eigenvalue weighted by Crippen LogP contribution is 2.23. The quantitative estimate of drug-likeness (QED) is 0.336. The van der Waals surface area contributed by atoms with Gasteiger partial charge in [0.1, 0.15) is 22.9 Å². The average Bonchev–Trinajstić information content (AvgIpc) is 3.13. The van der Waals surface area contributed by atoms with E-state index in [2.05, 4.69) is 25.1 Å². The van der Waals surface area contributed by atoms with Crippen LogP contribution in [-0.2, 0) is 14.9 Å². The Labute approximate surface area is 168 Å². The van der Waals surface area contributed by atoms with Gasteiger partial charge in [-0.25, -0.2) is 18.1 Å². The Morgan fingerprint density at radius 3 is 2.59 bits per heavy atom. The van der Waals surface area contributed by atoms with Crippen molar-refractivity contribution in [2.24, 2.45) is 10.9 Å². The van der Waals surface area contributed by atoms with E-state index in [9.17, 15) is 8.42 Å². The Balaban J connectivity index is 2.19. The van der Waals surface area contributed by atoms with Crippen LogP contribution in [0.1, 0.15) is 18.3 Å². The van der Waals surface area contributed by atoms with E-state index in [1.165, 1.54) is 24.0 Å². The number of aryl methyl sites for hydroxylation is 1. The second-order valence-electron chi connectivity index (χ2n) is 5.91. The van der Waals surface area contributed by atoms with Gasteiger partial charge in [-0.3, -0.25) is 0 Å². The van der Waals surface area contributed by atoms with Crippen molar-refractivity contribution in [2.75, 3.05) is 13.7 Å². The van der Waals surface area contributed by atoms with Crippen molar-refractivity contribution < 1.29 is 13.3 Å². The van der Waals surface area contributed by atoms with Gasteiger partial charge in [0.25, 0.3) is 0 Å². The molecule has 0 aliphatic heterocycles. The monoisotopic (exact) mass is 415 g/mol. The van der Waals surface area contributed by atoms with E-state index >= 15 is 0 Å². The van der Waals surface area contributed by atoms with Crippen LogP contribution in [0.3, 0.4) is 0 Å². The molecule has 0 fully saturated rings. The summed E-state index contributed by atoms with van der Waals surface area (Å²) in [6.45, 7) is 3.88. The molecule has 3 rings (SSSR count). The summed E-state index contributed by atoms with van der Waals surface area (Å²) >= 11 is 0. The molecule has 0 bridgehead atoms. The number of nitrogens with one attached hydrogen (secondary N) is 1. The maximum atomic E-state index is 12.5. The van der Waals surface area contributed by atoms with Crippen LogP contribution in [0.2, 0.25) is 0 Å². The fourth-order valence-electron chi connectivity index (χ4n) is 2.56. The molecule has 0 spiro atoms. The van der Waals surface area contributed by atoms with E-state index in [1.54, 1.807) is 13.8 Å². The second-order valence-corrected chi connectivity index (χ2v) is 7.76. The highest BCUT2D eigenvalue weighted by Gasteiger charge is 2.23. The van der Waals surface area contributed by atoms with Gasteiger partial charge in [0.2, 0.25) is 10.0 Å². The van der Waals surface area contributed by atoms with Crippen molar-refractivity contribution in [3.05, 3.63) is 53.9 Å². The third kappa shape index (κ3) is 4.25. The van der Waals surface area contributed by atoms with Crippen molar-refractivity contribution in [3.63, 3.8) is 0 Å². The standard InChI is InChI=1S/C18H21N7O3S/c1-4-28-24-17(19)14-10-11-15(29(26,27)20-3)18(21-14)25-22-12(2)16(23-25)13-8-6-5-7-9-13/h5-11,20H,4H2,1-3H3,(H2,19,24). The van der Waals surface area contributed by atoms with Crippen LogP contribution >= 0.6 is 0 Å². The molecule has 0 amide bonds. The summed E-state index contributed by atoms with van der Waals surface area (Å²) < 4.78 is 27.3. The Bertz CT molecular complexity index is 1140. The number of nitrogens with zero attached hydrogens (tertiary/aromatic N) is 5. The third-order valence-corrected chi connectivity index (χ3v) is 5.41. The number of benzene rings is 1. The minimum atomic E-state index is -3.83. The van der Waals surface area contributed by atoms with E-state index in [4.69, 9.17) is 10.6 Å². The van der Waals surface area contributed by atoms with Crippen LogP contribution in [0.25, 0.3) is 17.1 Å². The molecular weight excluding hydrogens is 394 g/mol. The molecule has 11 heteroatoms. The van der Waals surface area contributed by atoms with Crippen LogP contribution in [-0.4, -0.2) is 47.9 Å². The topological polar surface area (TPSA) is 137 Å². The van der Waals surface area contributed by atoms with E-state index < -0.39 is 10.0 Å². The summed E-state index contributed by atoms with van der Waals surface area (Å²) in [5, 5.41) is 12.6. The van der Waals surface area contributed by atoms with Crippen molar-refractivity contribution in [1.29, 1.82) is 0 Å². The normalized spacial score (nSPS) is 12.2. The van der Waals surface area contributed by atoms with E-state index in [-0.39, 0.29) is 22.2 Å². The average molecular weight is 415 g/mol. The first-order valence-corrected chi connectivity index (χ1v) is 10.3. The fraction of sp³-hybridized carbons (Fsp3) is 0.222. The number of aromatic nitrogens is 4. The molecular formula is C18H21N7O3S. The van der Waals surface area contributed by atoms with Crippen molar-refractivity contribution >= 4 is 15.9 Å². The molecule has 0 atom stereocenters. The molecule has 0 unspecified atom stereocenters. The Morgan fingerprint density at radius 1 is 1.21 bits per heavy atom. The summed E-state index contributed by atoms with van der Waals surface area (Å²) in [7, 11) is -2.52. The smallest absolute Gasteiger partial charge is 0.244 e. The van der Waals surface area contributed by atoms with Gasteiger partial charge < -0.3 is 10.6 Å². The summed E-state index contributed by atoms with van der Waals surface area (Å²) in [6.07, 6.45) is 0. The molecule has 1 aromatic carbocycles. The van der Waals surface area contributed by atoms with Gasteiger partial charge in [0.15, 0.2) is 11.7 Å². The van der Waals surface area contributed by atoms with Gasteiger partial charge in [-0.1, -0.05) is 35.5 Å². The Morgan fingerprint density at radius 2 is 1.93 bits per heavy atom. The van der Waals surface area contributed by atoms with E-state index in [0.717, 1.165) is 5.56 Å². The van der Waals surface area contributed by atoms with Crippen LogP contribution in [0, 0.1) is 6.92 Å². The molecule has 0 aliphatic carbocycles. The minimum absolute atomic E-state index is 0.00298. The lowest BCUT2D eigenvalue weighted by molar-refractivity contribution is 0.158. The lowest BCUT2D eigenvalue weighted by atomic mass is 10.1. The molecule has 3 N–H and O–H groups in total.